The molecule has 1 aromatic heterocycles. The lowest BCUT2D eigenvalue weighted by Crippen LogP contribution is -2.41. The largest absolute Gasteiger partial charge is 0.375 e. The van der Waals surface area contributed by atoms with Crippen LogP contribution in [0.2, 0.25) is 0 Å². The van der Waals surface area contributed by atoms with Gasteiger partial charge in [0.15, 0.2) is 5.13 Å². The molecule has 3 rings (SSSR count). The Kier molecular flexibility index (Phi) is 2.29. The summed E-state index contributed by atoms with van der Waals surface area (Å²) in [4.78, 5) is 6.05. The Morgan fingerprint density at radius 1 is 1.31 bits per heavy atom. The maximum absolute atomic E-state index is 5.88. The van der Waals surface area contributed by atoms with Gasteiger partial charge in [0, 0.05) is 10.3 Å². The highest BCUT2D eigenvalue weighted by Gasteiger charge is 2.45. The number of nitrogens with two attached hydrogens (primary N) is 1. The minimum atomic E-state index is 0.243. The number of thiazole rings is 1. The lowest BCUT2D eigenvalue weighted by Gasteiger charge is -2.45. The molecule has 88 valence electrons. The topological polar surface area (TPSA) is 38.9 Å². The molecule has 3 heteroatoms. The van der Waals surface area contributed by atoms with Crippen molar-refractivity contribution >= 4 is 16.5 Å². The van der Waals surface area contributed by atoms with Crippen LogP contribution in [0.3, 0.4) is 0 Å². The van der Waals surface area contributed by atoms with Crippen molar-refractivity contribution in [1.29, 1.82) is 0 Å². The Morgan fingerprint density at radius 3 is 2.88 bits per heavy atom. The van der Waals surface area contributed by atoms with Crippen molar-refractivity contribution in [3.8, 4) is 0 Å². The molecule has 2 aliphatic rings. The SMILES string of the molecule is CC1(C)c2nc(N)sc2CC2CCCCC21. The molecule has 0 radical (unpaired) electrons. The zero-order chi connectivity index (χ0) is 11.3. The standard InChI is InChI=1S/C13H20N2S/c1-13(2)9-6-4-3-5-8(9)7-10-11(13)15-12(14)16-10/h8-9H,3-7H2,1-2H3,(H2,14,15). The third kappa shape index (κ3) is 1.41. The minimum Gasteiger partial charge on any atom is -0.375 e. The van der Waals surface area contributed by atoms with Crippen LogP contribution in [0.15, 0.2) is 0 Å². The zero-order valence-electron chi connectivity index (χ0n) is 10.1. The van der Waals surface area contributed by atoms with Gasteiger partial charge in [0.05, 0.1) is 5.69 Å². The van der Waals surface area contributed by atoms with E-state index in [9.17, 15) is 0 Å². The maximum Gasteiger partial charge on any atom is 0.180 e. The van der Waals surface area contributed by atoms with Crippen LogP contribution in [0.1, 0.15) is 50.1 Å². The van der Waals surface area contributed by atoms with Crippen LogP contribution in [-0.2, 0) is 11.8 Å². The predicted molar refractivity (Wildman–Crippen MR) is 68.7 cm³/mol. The lowest BCUT2D eigenvalue weighted by molar-refractivity contribution is 0.132. The molecule has 16 heavy (non-hydrogen) atoms. The molecule has 2 atom stereocenters. The van der Waals surface area contributed by atoms with E-state index < -0.39 is 0 Å². The lowest BCUT2D eigenvalue weighted by atomic mass is 9.60. The molecule has 2 nitrogen and oxygen atoms in total. The predicted octanol–water partition coefficient (Wildman–Crippen LogP) is 3.37. The first-order valence-electron chi connectivity index (χ1n) is 6.34. The summed E-state index contributed by atoms with van der Waals surface area (Å²) in [6.07, 6.45) is 6.85. The van der Waals surface area contributed by atoms with E-state index in [2.05, 4.69) is 18.8 Å². The Hall–Kier alpha value is -0.570. The number of fused-ring (bicyclic) bond motifs is 2. The average molecular weight is 236 g/mol. The molecule has 1 saturated carbocycles. The van der Waals surface area contributed by atoms with Gasteiger partial charge in [-0.05, 0) is 31.1 Å². The summed E-state index contributed by atoms with van der Waals surface area (Å²) < 4.78 is 0. The Morgan fingerprint density at radius 2 is 2.06 bits per heavy atom. The fraction of sp³-hybridized carbons (Fsp3) is 0.769. The van der Waals surface area contributed by atoms with Crippen LogP contribution < -0.4 is 5.73 Å². The van der Waals surface area contributed by atoms with Gasteiger partial charge in [-0.1, -0.05) is 26.7 Å². The van der Waals surface area contributed by atoms with Crippen molar-refractivity contribution in [1.82, 2.24) is 4.98 Å². The molecule has 0 amide bonds. The van der Waals surface area contributed by atoms with Gasteiger partial charge in [0.25, 0.3) is 0 Å². The summed E-state index contributed by atoms with van der Waals surface area (Å²) in [5, 5.41) is 0.761. The summed E-state index contributed by atoms with van der Waals surface area (Å²) in [6, 6.07) is 0. The van der Waals surface area contributed by atoms with Crippen LogP contribution in [0, 0.1) is 11.8 Å². The summed E-state index contributed by atoms with van der Waals surface area (Å²) in [5.41, 5.74) is 7.42. The Balaban J connectivity index is 2.06. The second-order valence-corrected chi connectivity index (χ2v) is 7.02. The molecule has 1 heterocycles. The summed E-state index contributed by atoms with van der Waals surface area (Å²) in [5.74, 6) is 1.71. The number of rotatable bonds is 0. The molecule has 2 aliphatic carbocycles. The summed E-state index contributed by atoms with van der Waals surface area (Å²) in [7, 11) is 0. The van der Waals surface area contributed by atoms with E-state index in [1.807, 2.05) is 0 Å². The van der Waals surface area contributed by atoms with Gasteiger partial charge in [0.2, 0.25) is 0 Å². The first kappa shape index (κ1) is 10.6. The van der Waals surface area contributed by atoms with Gasteiger partial charge in [-0.2, -0.15) is 0 Å². The molecule has 1 fully saturated rings. The van der Waals surface area contributed by atoms with Crippen LogP contribution in [0.5, 0.6) is 0 Å². The van der Waals surface area contributed by atoms with Gasteiger partial charge >= 0.3 is 0 Å². The molecule has 0 aliphatic heterocycles. The average Bonchev–Trinajstić information content (AvgIpc) is 2.60. The highest BCUT2D eigenvalue weighted by atomic mass is 32.1. The number of nitrogens with zero attached hydrogens (tertiary/aromatic N) is 1. The molecule has 2 N–H and O–H groups in total. The molecule has 2 unspecified atom stereocenters. The second kappa shape index (κ2) is 3.46. The Labute approximate surface area is 101 Å². The number of nitrogen functional groups attached to an aromatic ring is 1. The molecule has 0 aromatic carbocycles. The van der Waals surface area contributed by atoms with Crippen molar-refractivity contribution in [3.63, 3.8) is 0 Å². The molecular weight excluding hydrogens is 216 g/mol. The van der Waals surface area contributed by atoms with Crippen LogP contribution in [-0.4, -0.2) is 4.98 Å². The van der Waals surface area contributed by atoms with Crippen molar-refractivity contribution in [3.05, 3.63) is 10.6 Å². The van der Waals surface area contributed by atoms with Gasteiger partial charge < -0.3 is 5.73 Å². The molecule has 0 spiro atoms. The second-order valence-electron chi connectivity index (χ2n) is 5.90. The maximum atomic E-state index is 5.88. The van der Waals surface area contributed by atoms with Crippen LogP contribution in [0.25, 0.3) is 0 Å². The molecule has 0 bridgehead atoms. The number of aromatic nitrogens is 1. The third-order valence-corrected chi connectivity index (χ3v) is 5.51. The van der Waals surface area contributed by atoms with Gasteiger partial charge in [0.1, 0.15) is 0 Å². The van der Waals surface area contributed by atoms with E-state index in [4.69, 9.17) is 5.73 Å². The fourth-order valence-electron chi connectivity index (χ4n) is 3.83. The van der Waals surface area contributed by atoms with Crippen LogP contribution in [0.4, 0.5) is 5.13 Å². The number of hydrogen-bond donors (Lipinski definition) is 1. The van der Waals surface area contributed by atoms with Crippen molar-refractivity contribution in [2.75, 3.05) is 5.73 Å². The van der Waals surface area contributed by atoms with E-state index in [0.29, 0.717) is 0 Å². The van der Waals surface area contributed by atoms with Gasteiger partial charge in [-0.3, -0.25) is 0 Å². The molecule has 0 saturated heterocycles. The fourth-order valence-corrected chi connectivity index (χ4v) is 4.92. The van der Waals surface area contributed by atoms with E-state index in [1.54, 1.807) is 11.3 Å². The summed E-state index contributed by atoms with van der Waals surface area (Å²) >= 11 is 1.71. The van der Waals surface area contributed by atoms with Crippen molar-refractivity contribution in [2.24, 2.45) is 11.8 Å². The molecule has 1 aromatic rings. The third-order valence-electron chi connectivity index (χ3n) is 4.61. The highest BCUT2D eigenvalue weighted by molar-refractivity contribution is 7.15. The highest BCUT2D eigenvalue weighted by Crippen LogP contribution is 2.51. The normalized spacial score (nSPS) is 31.9. The van der Waals surface area contributed by atoms with Gasteiger partial charge in [-0.25, -0.2) is 4.98 Å². The van der Waals surface area contributed by atoms with Gasteiger partial charge in [-0.15, -0.1) is 11.3 Å². The number of hydrogen-bond acceptors (Lipinski definition) is 3. The van der Waals surface area contributed by atoms with E-state index >= 15 is 0 Å². The van der Waals surface area contributed by atoms with Crippen LogP contribution >= 0.6 is 11.3 Å². The summed E-state index contributed by atoms with van der Waals surface area (Å²) in [6.45, 7) is 4.74. The van der Waals surface area contributed by atoms with Crippen molar-refractivity contribution in [2.45, 2.75) is 51.4 Å². The zero-order valence-corrected chi connectivity index (χ0v) is 10.9. The Bertz CT molecular complexity index is 408. The quantitative estimate of drug-likeness (QED) is 0.750. The van der Waals surface area contributed by atoms with E-state index in [0.717, 1.165) is 17.0 Å². The monoisotopic (exact) mass is 236 g/mol. The molecular formula is C13H20N2S. The first-order chi connectivity index (χ1) is 7.59. The number of anilines is 1. The first-order valence-corrected chi connectivity index (χ1v) is 7.16. The van der Waals surface area contributed by atoms with E-state index in [1.165, 1.54) is 42.7 Å². The van der Waals surface area contributed by atoms with E-state index in [-0.39, 0.29) is 5.41 Å². The minimum absolute atomic E-state index is 0.243. The van der Waals surface area contributed by atoms with Crippen molar-refractivity contribution < 1.29 is 0 Å². The smallest absolute Gasteiger partial charge is 0.180 e.